The highest BCUT2D eigenvalue weighted by atomic mass is 19.1. The van der Waals surface area contributed by atoms with Gasteiger partial charge in [-0.05, 0) is 13.5 Å². The van der Waals surface area contributed by atoms with Crippen LogP contribution in [0.3, 0.4) is 0 Å². The zero-order chi connectivity index (χ0) is 9.41. The summed E-state index contributed by atoms with van der Waals surface area (Å²) in [6, 6.07) is 0. The van der Waals surface area contributed by atoms with E-state index in [1.807, 2.05) is 25.8 Å². The van der Waals surface area contributed by atoms with Crippen molar-refractivity contribution in [3.8, 4) is 0 Å². The molecule has 1 saturated heterocycles. The number of rotatable bonds is 2. The van der Waals surface area contributed by atoms with Crippen LogP contribution < -0.4 is 5.73 Å². The summed E-state index contributed by atoms with van der Waals surface area (Å²) >= 11 is 0. The third kappa shape index (κ3) is 1.48. The van der Waals surface area contributed by atoms with Gasteiger partial charge in [-0.1, -0.05) is 13.8 Å². The molecule has 0 aromatic carbocycles. The van der Waals surface area contributed by atoms with E-state index < -0.39 is 11.1 Å². The van der Waals surface area contributed by atoms with Crippen molar-refractivity contribution < 1.29 is 4.39 Å². The van der Waals surface area contributed by atoms with Crippen LogP contribution in [-0.2, 0) is 0 Å². The second kappa shape index (κ2) is 2.96. The van der Waals surface area contributed by atoms with Gasteiger partial charge in [-0.3, -0.25) is 0 Å². The lowest BCUT2D eigenvalue weighted by molar-refractivity contribution is 0.0334. The second-order valence-electron chi connectivity index (χ2n) is 4.54. The van der Waals surface area contributed by atoms with E-state index in [4.69, 9.17) is 5.73 Å². The van der Waals surface area contributed by atoms with Crippen molar-refractivity contribution in [2.45, 2.75) is 25.9 Å². The zero-order valence-electron chi connectivity index (χ0n) is 8.23. The molecule has 0 saturated carbocycles. The molecule has 3 heteroatoms. The largest absolute Gasteiger partial charge is 0.330 e. The van der Waals surface area contributed by atoms with Crippen LogP contribution in [0, 0.1) is 5.41 Å². The molecule has 1 fully saturated rings. The molecule has 2 nitrogen and oxygen atoms in total. The molecule has 1 aliphatic rings. The highest BCUT2D eigenvalue weighted by Gasteiger charge is 2.48. The summed E-state index contributed by atoms with van der Waals surface area (Å²) in [4.78, 5) is 2.03. The average Bonchev–Trinajstić information content (AvgIpc) is 2.33. The maximum absolute atomic E-state index is 14.2. The molecular formula is C9H19FN2. The van der Waals surface area contributed by atoms with Crippen molar-refractivity contribution in [2.24, 2.45) is 11.1 Å². The van der Waals surface area contributed by atoms with Crippen LogP contribution in [0.1, 0.15) is 20.3 Å². The molecule has 1 rings (SSSR count). The monoisotopic (exact) mass is 174 g/mol. The van der Waals surface area contributed by atoms with Gasteiger partial charge < -0.3 is 10.6 Å². The average molecular weight is 174 g/mol. The summed E-state index contributed by atoms with van der Waals surface area (Å²) in [7, 11) is 1.95. The molecular weight excluding hydrogens is 155 g/mol. The number of hydrogen-bond donors (Lipinski definition) is 1. The Morgan fingerprint density at radius 3 is 2.50 bits per heavy atom. The van der Waals surface area contributed by atoms with Crippen LogP contribution in [-0.4, -0.2) is 37.3 Å². The first-order chi connectivity index (χ1) is 5.41. The van der Waals surface area contributed by atoms with Crippen molar-refractivity contribution in [3.63, 3.8) is 0 Å². The Hall–Kier alpha value is -0.150. The minimum atomic E-state index is -1.09. The molecule has 1 unspecified atom stereocenters. The Kier molecular flexibility index (Phi) is 2.45. The number of halogens is 1. The van der Waals surface area contributed by atoms with Crippen LogP contribution in [0.4, 0.5) is 4.39 Å². The number of likely N-dealkylation sites (tertiary alicyclic amines) is 1. The summed E-state index contributed by atoms with van der Waals surface area (Å²) in [6.07, 6.45) is 0.619. The third-order valence-electron chi connectivity index (χ3n) is 3.13. The van der Waals surface area contributed by atoms with Gasteiger partial charge in [0, 0.05) is 25.0 Å². The van der Waals surface area contributed by atoms with Crippen LogP contribution in [0.15, 0.2) is 0 Å². The van der Waals surface area contributed by atoms with Crippen molar-refractivity contribution in [1.82, 2.24) is 4.90 Å². The predicted octanol–water partition coefficient (Wildman–Crippen LogP) is 1.02. The first kappa shape index (κ1) is 9.93. The summed E-state index contributed by atoms with van der Waals surface area (Å²) in [6.45, 7) is 5.60. The van der Waals surface area contributed by atoms with Gasteiger partial charge in [-0.2, -0.15) is 0 Å². The quantitative estimate of drug-likeness (QED) is 0.677. The van der Waals surface area contributed by atoms with Crippen molar-refractivity contribution in [3.05, 3.63) is 0 Å². The van der Waals surface area contributed by atoms with E-state index in [2.05, 4.69) is 0 Å². The van der Waals surface area contributed by atoms with Gasteiger partial charge in [0.2, 0.25) is 0 Å². The summed E-state index contributed by atoms with van der Waals surface area (Å²) in [5.74, 6) is 0. The van der Waals surface area contributed by atoms with E-state index in [0.717, 1.165) is 6.54 Å². The molecule has 72 valence electrons. The Morgan fingerprint density at radius 1 is 1.58 bits per heavy atom. The maximum Gasteiger partial charge on any atom is 0.131 e. The molecule has 0 aliphatic carbocycles. The molecule has 1 heterocycles. The molecule has 1 atom stereocenters. The second-order valence-corrected chi connectivity index (χ2v) is 4.54. The van der Waals surface area contributed by atoms with Gasteiger partial charge in [0.25, 0.3) is 0 Å². The van der Waals surface area contributed by atoms with E-state index in [-0.39, 0.29) is 0 Å². The lowest BCUT2D eigenvalue weighted by atomic mass is 9.76. The van der Waals surface area contributed by atoms with E-state index in [9.17, 15) is 4.39 Å². The van der Waals surface area contributed by atoms with Crippen molar-refractivity contribution in [1.29, 1.82) is 0 Å². The Morgan fingerprint density at radius 2 is 2.17 bits per heavy atom. The molecule has 12 heavy (non-hydrogen) atoms. The lowest BCUT2D eigenvalue weighted by Crippen LogP contribution is -2.47. The SMILES string of the molecule is CN1CCC(F)(C(C)(C)CN)C1. The molecule has 2 N–H and O–H groups in total. The number of nitrogens with two attached hydrogens (primary N) is 1. The van der Waals surface area contributed by atoms with Crippen LogP contribution in [0.25, 0.3) is 0 Å². The van der Waals surface area contributed by atoms with E-state index in [1.165, 1.54) is 0 Å². The normalized spacial score (nSPS) is 32.8. The summed E-state index contributed by atoms with van der Waals surface area (Å²) in [5, 5.41) is 0. The molecule has 0 aromatic heterocycles. The zero-order valence-corrected chi connectivity index (χ0v) is 8.23. The van der Waals surface area contributed by atoms with Crippen LogP contribution in [0.5, 0.6) is 0 Å². The fraction of sp³-hybridized carbons (Fsp3) is 1.00. The molecule has 0 aromatic rings. The molecule has 0 spiro atoms. The van der Waals surface area contributed by atoms with Gasteiger partial charge in [-0.25, -0.2) is 4.39 Å². The van der Waals surface area contributed by atoms with E-state index in [0.29, 0.717) is 19.5 Å². The third-order valence-corrected chi connectivity index (χ3v) is 3.13. The number of alkyl halides is 1. The fourth-order valence-electron chi connectivity index (χ4n) is 1.69. The summed E-state index contributed by atoms with van der Waals surface area (Å²) < 4.78 is 14.2. The lowest BCUT2D eigenvalue weighted by Gasteiger charge is -2.36. The fourth-order valence-corrected chi connectivity index (χ4v) is 1.69. The van der Waals surface area contributed by atoms with Gasteiger partial charge in [0.1, 0.15) is 5.67 Å². The minimum Gasteiger partial charge on any atom is -0.330 e. The van der Waals surface area contributed by atoms with Crippen LogP contribution in [0.2, 0.25) is 0 Å². The smallest absolute Gasteiger partial charge is 0.131 e. The van der Waals surface area contributed by atoms with Gasteiger partial charge in [0.05, 0.1) is 0 Å². The highest BCUT2D eigenvalue weighted by molar-refractivity contribution is 5.00. The van der Waals surface area contributed by atoms with Gasteiger partial charge in [-0.15, -0.1) is 0 Å². The van der Waals surface area contributed by atoms with E-state index in [1.54, 1.807) is 0 Å². The molecule has 0 bridgehead atoms. The summed E-state index contributed by atoms with van der Waals surface area (Å²) in [5.41, 5.74) is 4.08. The molecule has 0 amide bonds. The Balaban J connectivity index is 2.72. The Labute approximate surface area is 73.9 Å². The minimum absolute atomic E-state index is 0.391. The molecule has 0 radical (unpaired) electrons. The Bertz CT molecular complexity index is 170. The van der Waals surface area contributed by atoms with Crippen molar-refractivity contribution in [2.75, 3.05) is 26.7 Å². The van der Waals surface area contributed by atoms with E-state index >= 15 is 0 Å². The first-order valence-electron chi connectivity index (χ1n) is 4.49. The first-order valence-corrected chi connectivity index (χ1v) is 4.49. The van der Waals surface area contributed by atoms with Crippen molar-refractivity contribution >= 4 is 0 Å². The predicted molar refractivity (Wildman–Crippen MR) is 48.8 cm³/mol. The topological polar surface area (TPSA) is 29.3 Å². The van der Waals surface area contributed by atoms with Gasteiger partial charge in [0.15, 0.2) is 0 Å². The van der Waals surface area contributed by atoms with Gasteiger partial charge >= 0.3 is 0 Å². The standard InChI is InChI=1S/C9H19FN2/c1-8(2,6-11)9(10)4-5-12(3)7-9/h4-7,11H2,1-3H3. The van der Waals surface area contributed by atoms with Crippen LogP contribution >= 0.6 is 0 Å². The highest BCUT2D eigenvalue weighted by Crippen LogP contribution is 2.40. The molecule has 1 aliphatic heterocycles. The number of nitrogens with zero attached hydrogens (tertiary/aromatic N) is 1. The number of hydrogen-bond acceptors (Lipinski definition) is 2. The maximum atomic E-state index is 14.2.